The maximum Gasteiger partial charge on any atom is 0.0704 e. The summed E-state index contributed by atoms with van der Waals surface area (Å²) in [5.41, 5.74) is 5.29. The van der Waals surface area contributed by atoms with Gasteiger partial charge < -0.3 is 5.73 Å². The van der Waals surface area contributed by atoms with E-state index < -0.39 is 0 Å². The van der Waals surface area contributed by atoms with Crippen LogP contribution in [0, 0.1) is 0 Å². The fraction of sp³-hybridized carbons (Fsp3) is 0.143. The second-order valence-electron chi connectivity index (χ2n) is 1.78. The van der Waals surface area contributed by atoms with Crippen molar-refractivity contribution in [2.45, 2.75) is 0 Å². The molecule has 0 aromatic carbocycles. The van der Waals surface area contributed by atoms with E-state index in [9.17, 15) is 0 Å². The fourth-order valence-electron chi connectivity index (χ4n) is 0.602. The molecule has 1 aromatic rings. The van der Waals surface area contributed by atoms with Crippen molar-refractivity contribution in [1.82, 2.24) is 0 Å². The monoisotopic (exact) mass is 217 g/mol. The Bertz CT molecular complexity index is 229. The molecule has 0 aliphatic heterocycles. The largest absolute Gasteiger partial charge is 0.327 e. The summed E-state index contributed by atoms with van der Waals surface area (Å²) in [6.45, 7) is 0.607. The third-order valence-corrected chi connectivity index (χ3v) is 2.60. The van der Waals surface area contributed by atoms with Crippen molar-refractivity contribution >= 4 is 33.3 Å². The van der Waals surface area contributed by atoms with E-state index in [2.05, 4.69) is 22.0 Å². The fourth-order valence-corrected chi connectivity index (χ4v) is 1.96. The van der Waals surface area contributed by atoms with Crippen LogP contribution in [-0.4, -0.2) is 6.54 Å². The van der Waals surface area contributed by atoms with Gasteiger partial charge in [0.05, 0.1) is 3.79 Å². The predicted octanol–water partition coefficient (Wildman–Crippen LogP) is 2.48. The normalized spacial score (nSPS) is 11.0. The second-order valence-corrected chi connectivity index (χ2v) is 4.27. The molecule has 0 unspecified atom stereocenters. The number of thiophene rings is 1. The van der Waals surface area contributed by atoms with E-state index >= 15 is 0 Å². The van der Waals surface area contributed by atoms with Crippen LogP contribution in [0.4, 0.5) is 0 Å². The Morgan fingerprint density at radius 3 is 2.90 bits per heavy atom. The summed E-state index contributed by atoms with van der Waals surface area (Å²) in [5.74, 6) is 0. The van der Waals surface area contributed by atoms with Crippen molar-refractivity contribution in [2.24, 2.45) is 5.73 Å². The lowest BCUT2D eigenvalue weighted by Crippen LogP contribution is -1.91. The molecule has 1 rings (SSSR count). The van der Waals surface area contributed by atoms with E-state index in [0.29, 0.717) is 6.54 Å². The van der Waals surface area contributed by atoms with E-state index in [1.807, 2.05) is 18.2 Å². The predicted molar refractivity (Wildman–Crippen MR) is 50.1 cm³/mol. The van der Waals surface area contributed by atoms with Crippen LogP contribution < -0.4 is 5.73 Å². The molecule has 54 valence electrons. The lowest BCUT2D eigenvalue weighted by atomic mass is 10.4. The molecule has 0 fully saturated rings. The molecule has 0 bridgehead atoms. The van der Waals surface area contributed by atoms with Crippen LogP contribution in [0.1, 0.15) is 4.88 Å². The van der Waals surface area contributed by atoms with Gasteiger partial charge in [-0.15, -0.1) is 11.3 Å². The van der Waals surface area contributed by atoms with Gasteiger partial charge in [0, 0.05) is 11.4 Å². The van der Waals surface area contributed by atoms with E-state index in [1.165, 1.54) is 4.88 Å². The van der Waals surface area contributed by atoms with Gasteiger partial charge in [-0.2, -0.15) is 0 Å². The first-order valence-corrected chi connectivity index (χ1v) is 4.56. The third-order valence-electron chi connectivity index (χ3n) is 1.01. The number of hydrogen-bond acceptors (Lipinski definition) is 2. The van der Waals surface area contributed by atoms with Gasteiger partial charge in [0.1, 0.15) is 0 Å². The molecule has 1 heterocycles. The number of nitrogens with two attached hydrogens (primary N) is 1. The molecular weight excluding hydrogens is 210 g/mol. The van der Waals surface area contributed by atoms with Crippen LogP contribution >= 0.6 is 27.3 Å². The van der Waals surface area contributed by atoms with Crippen LogP contribution in [0.15, 0.2) is 22.0 Å². The van der Waals surface area contributed by atoms with Gasteiger partial charge in [-0.05, 0) is 34.1 Å². The molecule has 0 saturated carbocycles. The molecule has 0 amide bonds. The molecule has 0 spiro atoms. The Hall–Kier alpha value is -0.120. The standard InChI is InChI=1S/C7H8BrNS/c8-7-4-3-6(10-7)2-1-5-9/h1-4H,5,9H2. The van der Waals surface area contributed by atoms with E-state index in [-0.39, 0.29) is 0 Å². The summed E-state index contributed by atoms with van der Waals surface area (Å²) in [7, 11) is 0. The van der Waals surface area contributed by atoms with Crippen molar-refractivity contribution in [3.05, 3.63) is 26.9 Å². The van der Waals surface area contributed by atoms with Gasteiger partial charge in [-0.25, -0.2) is 0 Å². The molecule has 0 aliphatic rings. The SMILES string of the molecule is NCC=Cc1ccc(Br)s1. The molecule has 0 atom stereocenters. The molecule has 2 N–H and O–H groups in total. The smallest absolute Gasteiger partial charge is 0.0704 e. The highest BCUT2D eigenvalue weighted by Gasteiger charge is 1.90. The van der Waals surface area contributed by atoms with Gasteiger partial charge in [0.25, 0.3) is 0 Å². The highest BCUT2D eigenvalue weighted by atomic mass is 79.9. The lowest BCUT2D eigenvalue weighted by Gasteiger charge is -1.80. The quantitative estimate of drug-likeness (QED) is 0.810. The first-order chi connectivity index (χ1) is 4.83. The van der Waals surface area contributed by atoms with Crippen LogP contribution in [0.5, 0.6) is 0 Å². The molecule has 1 nitrogen and oxygen atoms in total. The average Bonchev–Trinajstić information content (AvgIpc) is 2.31. The zero-order valence-corrected chi connectivity index (χ0v) is 7.78. The minimum atomic E-state index is 0.607. The topological polar surface area (TPSA) is 26.0 Å². The van der Waals surface area contributed by atoms with Crippen LogP contribution in [0.25, 0.3) is 6.08 Å². The van der Waals surface area contributed by atoms with Crippen molar-refractivity contribution in [2.75, 3.05) is 6.54 Å². The molecule has 0 aliphatic carbocycles. The Labute approximate surface area is 72.7 Å². The Morgan fingerprint density at radius 1 is 1.60 bits per heavy atom. The highest BCUT2D eigenvalue weighted by molar-refractivity contribution is 9.11. The van der Waals surface area contributed by atoms with Gasteiger partial charge >= 0.3 is 0 Å². The first kappa shape index (κ1) is 7.98. The lowest BCUT2D eigenvalue weighted by molar-refractivity contribution is 1.26. The summed E-state index contributed by atoms with van der Waals surface area (Å²) in [6, 6.07) is 4.09. The molecule has 0 saturated heterocycles. The summed E-state index contributed by atoms with van der Waals surface area (Å²) in [6.07, 6.45) is 3.97. The minimum Gasteiger partial charge on any atom is -0.327 e. The van der Waals surface area contributed by atoms with Crippen LogP contribution in [-0.2, 0) is 0 Å². The van der Waals surface area contributed by atoms with Crippen molar-refractivity contribution in [3.8, 4) is 0 Å². The Morgan fingerprint density at radius 2 is 2.40 bits per heavy atom. The maximum absolute atomic E-state index is 5.29. The van der Waals surface area contributed by atoms with E-state index in [1.54, 1.807) is 11.3 Å². The van der Waals surface area contributed by atoms with Crippen LogP contribution in [0.3, 0.4) is 0 Å². The van der Waals surface area contributed by atoms with Crippen LogP contribution in [0.2, 0.25) is 0 Å². The van der Waals surface area contributed by atoms with Crippen molar-refractivity contribution in [1.29, 1.82) is 0 Å². The summed E-state index contributed by atoms with van der Waals surface area (Å²) in [4.78, 5) is 1.23. The summed E-state index contributed by atoms with van der Waals surface area (Å²) in [5, 5.41) is 0. The maximum atomic E-state index is 5.29. The zero-order chi connectivity index (χ0) is 7.40. The minimum absolute atomic E-state index is 0.607. The Kier molecular flexibility index (Phi) is 3.12. The summed E-state index contributed by atoms with van der Waals surface area (Å²) >= 11 is 5.08. The van der Waals surface area contributed by atoms with Gasteiger partial charge in [0.2, 0.25) is 0 Å². The second kappa shape index (κ2) is 3.91. The molecule has 10 heavy (non-hydrogen) atoms. The highest BCUT2D eigenvalue weighted by Crippen LogP contribution is 2.22. The number of rotatable bonds is 2. The van der Waals surface area contributed by atoms with Gasteiger partial charge in [0.15, 0.2) is 0 Å². The average molecular weight is 218 g/mol. The van der Waals surface area contributed by atoms with E-state index in [0.717, 1.165) is 3.79 Å². The third kappa shape index (κ3) is 2.25. The molecule has 0 radical (unpaired) electrons. The van der Waals surface area contributed by atoms with Gasteiger partial charge in [-0.3, -0.25) is 0 Å². The molecular formula is C7H8BrNS. The number of halogens is 1. The summed E-state index contributed by atoms with van der Waals surface area (Å²) < 4.78 is 1.16. The van der Waals surface area contributed by atoms with Crippen molar-refractivity contribution < 1.29 is 0 Å². The van der Waals surface area contributed by atoms with Gasteiger partial charge in [-0.1, -0.05) is 6.08 Å². The molecule has 1 aromatic heterocycles. The Balaban J connectivity index is 2.67. The van der Waals surface area contributed by atoms with Crippen molar-refractivity contribution in [3.63, 3.8) is 0 Å². The van der Waals surface area contributed by atoms with E-state index in [4.69, 9.17) is 5.73 Å². The zero-order valence-electron chi connectivity index (χ0n) is 5.38. The first-order valence-electron chi connectivity index (χ1n) is 2.95. The molecule has 3 heteroatoms. The number of hydrogen-bond donors (Lipinski definition) is 1.